The Hall–Kier alpha value is -3.14. The Morgan fingerprint density at radius 1 is 1.11 bits per heavy atom. The molecule has 2 aromatic carbocycles. The van der Waals surface area contributed by atoms with Crippen LogP contribution in [0.25, 0.3) is 0 Å². The number of carbonyl (C=O) groups excluding carboxylic acids is 1. The van der Waals surface area contributed by atoms with Crippen molar-refractivity contribution in [2.75, 3.05) is 53.0 Å². The number of rotatable bonds is 11. The predicted octanol–water partition coefficient (Wildman–Crippen LogP) is 1.24. The SMILES string of the molecule is CC#CCOc1ccc(S(=O)(=O)N(C)C(C(=O)NO)c2ccc(OCCN3CCNCC3)cc2)cc1. The molecule has 1 atom stereocenters. The van der Waals surface area contributed by atoms with Crippen molar-refractivity contribution in [2.24, 2.45) is 0 Å². The van der Waals surface area contributed by atoms with Crippen LogP contribution in [0.3, 0.4) is 0 Å². The molecule has 0 bridgehead atoms. The number of benzene rings is 2. The highest BCUT2D eigenvalue weighted by Gasteiger charge is 2.34. The van der Waals surface area contributed by atoms with E-state index in [9.17, 15) is 18.4 Å². The molecule has 0 spiro atoms. The Bertz CT molecular complexity index is 1150. The Kier molecular flexibility index (Phi) is 10.1. The summed E-state index contributed by atoms with van der Waals surface area (Å²) in [5.41, 5.74) is 1.95. The number of nitrogens with one attached hydrogen (secondary N) is 2. The summed E-state index contributed by atoms with van der Waals surface area (Å²) in [5.74, 6) is 5.66. The maximum atomic E-state index is 13.3. The average molecular weight is 517 g/mol. The fraction of sp³-hybridized carbons (Fsp3) is 0.400. The summed E-state index contributed by atoms with van der Waals surface area (Å²) in [5, 5.41) is 12.6. The number of carbonyl (C=O) groups is 1. The van der Waals surface area contributed by atoms with Gasteiger partial charge >= 0.3 is 0 Å². The highest BCUT2D eigenvalue weighted by atomic mass is 32.2. The molecule has 3 rings (SSSR count). The maximum absolute atomic E-state index is 13.3. The van der Waals surface area contributed by atoms with Crippen LogP contribution in [-0.2, 0) is 14.8 Å². The molecule has 0 aliphatic carbocycles. The van der Waals surface area contributed by atoms with Gasteiger partial charge in [-0.15, -0.1) is 5.92 Å². The van der Waals surface area contributed by atoms with Gasteiger partial charge in [0.25, 0.3) is 5.91 Å². The lowest BCUT2D eigenvalue weighted by molar-refractivity contribution is -0.133. The van der Waals surface area contributed by atoms with E-state index in [1.807, 2.05) is 0 Å². The number of hydrogen-bond donors (Lipinski definition) is 3. The van der Waals surface area contributed by atoms with Crippen molar-refractivity contribution in [1.29, 1.82) is 0 Å². The van der Waals surface area contributed by atoms with Crippen LogP contribution in [0.15, 0.2) is 53.4 Å². The van der Waals surface area contributed by atoms with Crippen LogP contribution < -0.4 is 20.3 Å². The van der Waals surface area contributed by atoms with Crippen LogP contribution in [0.1, 0.15) is 18.5 Å². The number of likely N-dealkylation sites (N-methyl/N-ethyl adjacent to an activating group) is 1. The molecule has 0 radical (unpaired) electrons. The van der Waals surface area contributed by atoms with E-state index in [1.54, 1.807) is 36.7 Å². The quantitative estimate of drug-likeness (QED) is 0.232. The van der Waals surface area contributed by atoms with Crippen molar-refractivity contribution in [2.45, 2.75) is 17.9 Å². The second-order valence-corrected chi connectivity index (χ2v) is 10.1. The van der Waals surface area contributed by atoms with Gasteiger partial charge in [-0.2, -0.15) is 4.31 Å². The highest BCUT2D eigenvalue weighted by Crippen LogP contribution is 2.28. The molecule has 1 saturated heterocycles. The lowest BCUT2D eigenvalue weighted by atomic mass is 10.1. The average Bonchev–Trinajstić information content (AvgIpc) is 2.90. The number of sulfonamides is 1. The van der Waals surface area contributed by atoms with Gasteiger partial charge in [-0.25, -0.2) is 13.9 Å². The van der Waals surface area contributed by atoms with Crippen LogP contribution in [0.5, 0.6) is 11.5 Å². The van der Waals surface area contributed by atoms with Crippen LogP contribution in [0.2, 0.25) is 0 Å². The number of piperazine rings is 1. The summed E-state index contributed by atoms with van der Waals surface area (Å²) in [6, 6.07) is 11.1. The fourth-order valence-corrected chi connectivity index (χ4v) is 5.07. The van der Waals surface area contributed by atoms with Crippen LogP contribution in [-0.4, -0.2) is 81.7 Å². The van der Waals surface area contributed by atoms with Crippen molar-refractivity contribution >= 4 is 15.9 Å². The van der Waals surface area contributed by atoms with Crippen molar-refractivity contribution < 1.29 is 27.9 Å². The Morgan fingerprint density at radius 3 is 2.33 bits per heavy atom. The van der Waals surface area contributed by atoms with Gasteiger partial charge in [-0.05, 0) is 48.9 Å². The molecule has 0 aromatic heterocycles. The molecule has 0 saturated carbocycles. The zero-order valence-electron chi connectivity index (χ0n) is 20.4. The maximum Gasteiger partial charge on any atom is 0.266 e. The number of hydroxylamine groups is 1. The molecule has 1 unspecified atom stereocenters. The molecule has 1 amide bonds. The van der Waals surface area contributed by atoms with E-state index in [0.29, 0.717) is 23.7 Å². The first-order chi connectivity index (χ1) is 17.4. The second-order valence-electron chi connectivity index (χ2n) is 8.10. The Balaban J connectivity index is 1.70. The molecule has 1 heterocycles. The van der Waals surface area contributed by atoms with E-state index >= 15 is 0 Å². The Morgan fingerprint density at radius 2 is 1.72 bits per heavy atom. The molecule has 3 N–H and O–H groups in total. The largest absolute Gasteiger partial charge is 0.492 e. The third-order valence-corrected chi connectivity index (χ3v) is 7.63. The minimum atomic E-state index is -4.08. The molecule has 194 valence electrons. The van der Waals surface area contributed by atoms with Crippen molar-refractivity contribution in [3.05, 3.63) is 54.1 Å². The first-order valence-corrected chi connectivity index (χ1v) is 13.0. The minimum Gasteiger partial charge on any atom is -0.492 e. The lowest BCUT2D eigenvalue weighted by Gasteiger charge is -2.27. The zero-order chi connectivity index (χ0) is 26.0. The minimum absolute atomic E-state index is 0.0254. The predicted molar refractivity (Wildman–Crippen MR) is 134 cm³/mol. The summed E-state index contributed by atoms with van der Waals surface area (Å²) in [6.07, 6.45) is 0. The van der Waals surface area contributed by atoms with E-state index in [1.165, 1.54) is 31.3 Å². The molecule has 11 heteroatoms. The first-order valence-electron chi connectivity index (χ1n) is 11.6. The fourth-order valence-electron chi connectivity index (χ4n) is 3.77. The topological polar surface area (TPSA) is 120 Å². The van der Waals surface area contributed by atoms with Crippen molar-refractivity contribution in [1.82, 2.24) is 20.0 Å². The van der Waals surface area contributed by atoms with E-state index in [4.69, 9.17) is 9.47 Å². The molecule has 10 nitrogen and oxygen atoms in total. The lowest BCUT2D eigenvalue weighted by Crippen LogP contribution is -2.44. The second kappa shape index (κ2) is 13.2. The molecular formula is C25H32N4O6S. The normalized spacial score (nSPS) is 15.0. The van der Waals surface area contributed by atoms with Gasteiger partial charge in [0.2, 0.25) is 10.0 Å². The van der Waals surface area contributed by atoms with Gasteiger partial charge in [-0.1, -0.05) is 18.1 Å². The van der Waals surface area contributed by atoms with Gasteiger partial charge in [0.15, 0.2) is 0 Å². The van der Waals surface area contributed by atoms with E-state index in [0.717, 1.165) is 37.0 Å². The highest BCUT2D eigenvalue weighted by molar-refractivity contribution is 7.89. The van der Waals surface area contributed by atoms with Gasteiger partial charge in [-0.3, -0.25) is 14.9 Å². The number of ether oxygens (including phenoxy) is 2. The van der Waals surface area contributed by atoms with Crippen molar-refractivity contribution in [3.63, 3.8) is 0 Å². The van der Waals surface area contributed by atoms with Crippen LogP contribution in [0.4, 0.5) is 0 Å². The van der Waals surface area contributed by atoms with Crippen LogP contribution in [0, 0.1) is 11.8 Å². The number of amides is 1. The summed E-state index contributed by atoms with van der Waals surface area (Å²) >= 11 is 0. The standard InChI is InChI=1S/C25H32N4O6S/c1-3-4-18-34-22-9-11-23(12-10-22)36(32,33)28(2)24(25(30)27-31)20-5-7-21(8-6-20)35-19-17-29-15-13-26-14-16-29/h5-12,24,26,31H,13-19H2,1-2H3,(H,27,30). The summed E-state index contributed by atoms with van der Waals surface area (Å²) in [7, 11) is -2.80. The summed E-state index contributed by atoms with van der Waals surface area (Å²) in [6.45, 7) is 7.08. The third-order valence-electron chi connectivity index (χ3n) is 5.79. The monoisotopic (exact) mass is 516 g/mol. The van der Waals surface area contributed by atoms with E-state index < -0.39 is 22.0 Å². The van der Waals surface area contributed by atoms with Gasteiger partial charge < -0.3 is 14.8 Å². The molecule has 1 aliphatic rings. The summed E-state index contributed by atoms with van der Waals surface area (Å²) in [4.78, 5) is 14.8. The molecule has 1 fully saturated rings. The van der Waals surface area contributed by atoms with Crippen LogP contribution >= 0.6 is 0 Å². The molecule has 2 aromatic rings. The van der Waals surface area contributed by atoms with Crippen molar-refractivity contribution in [3.8, 4) is 23.3 Å². The smallest absolute Gasteiger partial charge is 0.266 e. The van der Waals surface area contributed by atoms with Gasteiger partial charge in [0.1, 0.15) is 30.8 Å². The number of hydrogen-bond acceptors (Lipinski definition) is 8. The Labute approximate surface area is 212 Å². The van der Waals surface area contributed by atoms with E-state index in [2.05, 4.69) is 22.1 Å². The molecule has 36 heavy (non-hydrogen) atoms. The third kappa shape index (κ3) is 7.19. The van der Waals surface area contributed by atoms with Gasteiger partial charge in [0, 0.05) is 39.8 Å². The molecule has 1 aliphatic heterocycles. The summed E-state index contributed by atoms with van der Waals surface area (Å²) < 4.78 is 38.7. The number of nitrogens with zero attached hydrogens (tertiary/aromatic N) is 2. The first kappa shape index (κ1) is 27.4. The van der Waals surface area contributed by atoms with Gasteiger partial charge in [0.05, 0.1) is 4.90 Å². The zero-order valence-corrected chi connectivity index (χ0v) is 21.3. The molecular weight excluding hydrogens is 484 g/mol. The van der Waals surface area contributed by atoms with E-state index in [-0.39, 0.29) is 11.5 Å².